The Labute approximate surface area is 86.7 Å². The molecule has 0 amide bonds. The smallest absolute Gasteiger partial charge is 0.315 e. The Morgan fingerprint density at radius 3 is 2.67 bits per heavy atom. The van der Waals surface area contributed by atoms with Gasteiger partial charge in [0.25, 0.3) is 0 Å². The van der Waals surface area contributed by atoms with Crippen LogP contribution in [0.4, 0.5) is 0 Å². The molecule has 0 radical (unpaired) electrons. The van der Waals surface area contributed by atoms with E-state index in [4.69, 9.17) is 10.2 Å². The minimum atomic E-state index is -1.18. The Kier molecular flexibility index (Phi) is 3.26. The molecular weight excluding hydrogens is 198 g/mol. The Balaban J connectivity index is 3.08. The lowest BCUT2D eigenvalue weighted by molar-refractivity contribution is -0.144. The summed E-state index contributed by atoms with van der Waals surface area (Å²) in [5.41, 5.74) is -0.433. The maximum Gasteiger partial charge on any atom is 0.315 e. The molecule has 1 atom stereocenters. The molecule has 0 bridgehead atoms. The summed E-state index contributed by atoms with van der Waals surface area (Å²) in [6, 6.07) is 3.06. The van der Waals surface area contributed by atoms with Crippen LogP contribution in [-0.2, 0) is 10.2 Å². The molecule has 1 aromatic rings. The van der Waals surface area contributed by atoms with E-state index in [1.165, 1.54) is 13.0 Å². The van der Waals surface area contributed by atoms with Crippen molar-refractivity contribution >= 4 is 12.3 Å². The normalized spacial score (nSPS) is 14.5. The molecule has 82 valence electrons. The first-order valence-electron chi connectivity index (χ1n) is 4.53. The molecule has 1 aromatic heterocycles. The van der Waals surface area contributed by atoms with Gasteiger partial charge >= 0.3 is 5.97 Å². The molecule has 0 saturated heterocycles. The predicted octanol–water partition coefficient (Wildman–Crippen LogP) is 0.552. The third-order valence-electron chi connectivity index (χ3n) is 2.51. The standard InChI is InChI=1S/C10H13NO4/c1-10(4-5-12,9(14)15)8-3-2-7(6-13)11-8/h2-3,6,11-12H,4-5H2,1H3,(H,14,15). The molecule has 0 aliphatic heterocycles. The van der Waals surface area contributed by atoms with Gasteiger partial charge < -0.3 is 15.2 Å². The van der Waals surface area contributed by atoms with Crippen molar-refractivity contribution in [1.82, 2.24) is 4.98 Å². The number of carbonyl (C=O) groups excluding carboxylic acids is 1. The fourth-order valence-corrected chi connectivity index (χ4v) is 1.38. The van der Waals surface area contributed by atoms with Gasteiger partial charge in [0.1, 0.15) is 5.41 Å². The van der Waals surface area contributed by atoms with E-state index in [1.54, 1.807) is 6.07 Å². The fourth-order valence-electron chi connectivity index (χ4n) is 1.38. The van der Waals surface area contributed by atoms with E-state index in [1.807, 2.05) is 0 Å². The van der Waals surface area contributed by atoms with E-state index in [0.29, 0.717) is 17.7 Å². The molecule has 1 rings (SSSR count). The average Bonchev–Trinajstić information content (AvgIpc) is 2.66. The summed E-state index contributed by atoms with van der Waals surface area (Å²) < 4.78 is 0. The molecule has 5 nitrogen and oxygen atoms in total. The Morgan fingerprint density at radius 2 is 2.27 bits per heavy atom. The molecule has 0 aromatic carbocycles. The third-order valence-corrected chi connectivity index (χ3v) is 2.51. The SMILES string of the molecule is CC(CCO)(C(=O)O)c1ccc(C=O)[nH]1. The summed E-state index contributed by atoms with van der Waals surface area (Å²) in [6.45, 7) is 1.28. The highest BCUT2D eigenvalue weighted by molar-refractivity contribution is 5.81. The number of aromatic amines is 1. The zero-order valence-electron chi connectivity index (χ0n) is 8.36. The lowest BCUT2D eigenvalue weighted by Crippen LogP contribution is -2.33. The van der Waals surface area contributed by atoms with Crippen LogP contribution < -0.4 is 0 Å². The first-order chi connectivity index (χ1) is 7.04. The number of carboxylic acid groups (broad SMARTS) is 1. The number of rotatable bonds is 5. The zero-order valence-corrected chi connectivity index (χ0v) is 8.36. The molecule has 0 aliphatic carbocycles. The van der Waals surface area contributed by atoms with Gasteiger partial charge in [-0.25, -0.2) is 0 Å². The van der Waals surface area contributed by atoms with Crippen LogP contribution in [0.15, 0.2) is 12.1 Å². The van der Waals surface area contributed by atoms with Gasteiger partial charge in [0.15, 0.2) is 6.29 Å². The number of aliphatic carboxylic acids is 1. The quantitative estimate of drug-likeness (QED) is 0.620. The van der Waals surface area contributed by atoms with Gasteiger partial charge in [-0.05, 0) is 25.5 Å². The van der Waals surface area contributed by atoms with Crippen molar-refractivity contribution in [3.63, 3.8) is 0 Å². The molecular formula is C10H13NO4. The number of hydrogen-bond donors (Lipinski definition) is 3. The molecule has 15 heavy (non-hydrogen) atoms. The summed E-state index contributed by atoms with van der Waals surface area (Å²) in [5.74, 6) is -1.03. The molecule has 0 aliphatic rings. The van der Waals surface area contributed by atoms with Gasteiger partial charge in [0, 0.05) is 12.3 Å². The first kappa shape index (κ1) is 11.5. The predicted molar refractivity (Wildman–Crippen MR) is 52.9 cm³/mol. The first-order valence-corrected chi connectivity index (χ1v) is 4.53. The van der Waals surface area contributed by atoms with Gasteiger partial charge in [-0.1, -0.05) is 0 Å². The Morgan fingerprint density at radius 1 is 1.60 bits per heavy atom. The van der Waals surface area contributed by atoms with Gasteiger partial charge in [-0.15, -0.1) is 0 Å². The topological polar surface area (TPSA) is 90.4 Å². The third kappa shape index (κ3) is 2.07. The summed E-state index contributed by atoms with van der Waals surface area (Å²) in [4.78, 5) is 24.2. The number of carbonyl (C=O) groups is 2. The summed E-state index contributed by atoms with van der Waals surface area (Å²) in [7, 11) is 0. The number of carboxylic acids is 1. The van der Waals surface area contributed by atoms with Crippen molar-refractivity contribution in [1.29, 1.82) is 0 Å². The highest BCUT2D eigenvalue weighted by Crippen LogP contribution is 2.26. The number of aliphatic hydroxyl groups excluding tert-OH is 1. The van der Waals surface area contributed by atoms with Crippen LogP contribution in [0.2, 0.25) is 0 Å². The lowest BCUT2D eigenvalue weighted by atomic mass is 9.84. The van der Waals surface area contributed by atoms with Crippen molar-refractivity contribution in [2.75, 3.05) is 6.61 Å². The van der Waals surface area contributed by atoms with Crippen molar-refractivity contribution < 1.29 is 19.8 Å². The number of nitrogens with one attached hydrogen (secondary N) is 1. The second-order valence-corrected chi connectivity index (χ2v) is 3.56. The number of aldehydes is 1. The van der Waals surface area contributed by atoms with Crippen LogP contribution in [0.5, 0.6) is 0 Å². The van der Waals surface area contributed by atoms with Crippen molar-refractivity contribution in [3.8, 4) is 0 Å². The monoisotopic (exact) mass is 211 g/mol. The minimum absolute atomic E-state index is 0.0984. The lowest BCUT2D eigenvalue weighted by Gasteiger charge is -2.22. The molecule has 3 N–H and O–H groups in total. The number of aromatic nitrogens is 1. The van der Waals surface area contributed by atoms with Crippen LogP contribution in [0, 0.1) is 0 Å². The largest absolute Gasteiger partial charge is 0.481 e. The van der Waals surface area contributed by atoms with Crippen LogP contribution >= 0.6 is 0 Å². The maximum atomic E-state index is 11.1. The van der Waals surface area contributed by atoms with Crippen molar-refractivity contribution in [3.05, 3.63) is 23.5 Å². The van der Waals surface area contributed by atoms with E-state index >= 15 is 0 Å². The molecule has 1 unspecified atom stereocenters. The second-order valence-electron chi connectivity index (χ2n) is 3.56. The van der Waals surface area contributed by atoms with E-state index < -0.39 is 11.4 Å². The van der Waals surface area contributed by atoms with E-state index in [2.05, 4.69) is 4.98 Å². The number of hydrogen-bond acceptors (Lipinski definition) is 3. The molecule has 0 fully saturated rings. The van der Waals surface area contributed by atoms with Crippen LogP contribution in [0.1, 0.15) is 29.5 Å². The van der Waals surface area contributed by atoms with E-state index in [9.17, 15) is 9.59 Å². The highest BCUT2D eigenvalue weighted by Gasteiger charge is 2.35. The number of aliphatic hydroxyl groups is 1. The molecule has 5 heteroatoms. The highest BCUT2D eigenvalue weighted by atomic mass is 16.4. The zero-order chi connectivity index (χ0) is 11.5. The van der Waals surface area contributed by atoms with Gasteiger partial charge in [-0.3, -0.25) is 9.59 Å². The average molecular weight is 211 g/mol. The van der Waals surface area contributed by atoms with Crippen molar-refractivity contribution in [2.24, 2.45) is 0 Å². The molecule has 0 saturated carbocycles. The number of H-pyrrole nitrogens is 1. The minimum Gasteiger partial charge on any atom is -0.481 e. The summed E-state index contributed by atoms with van der Waals surface area (Å²) >= 11 is 0. The fraction of sp³-hybridized carbons (Fsp3) is 0.400. The van der Waals surface area contributed by atoms with Crippen LogP contribution in [-0.4, -0.2) is 34.1 Å². The van der Waals surface area contributed by atoms with E-state index in [0.717, 1.165) is 0 Å². The van der Waals surface area contributed by atoms with Gasteiger partial charge in [-0.2, -0.15) is 0 Å². The van der Waals surface area contributed by atoms with Crippen LogP contribution in [0.25, 0.3) is 0 Å². The van der Waals surface area contributed by atoms with Crippen molar-refractivity contribution in [2.45, 2.75) is 18.8 Å². The molecule has 1 heterocycles. The summed E-state index contributed by atoms with van der Waals surface area (Å²) in [5, 5.41) is 17.9. The maximum absolute atomic E-state index is 11.1. The van der Waals surface area contributed by atoms with Gasteiger partial charge in [0.2, 0.25) is 0 Å². The Bertz CT molecular complexity index is 371. The van der Waals surface area contributed by atoms with E-state index in [-0.39, 0.29) is 13.0 Å². The summed E-state index contributed by atoms with van der Waals surface area (Å²) in [6.07, 6.45) is 0.714. The van der Waals surface area contributed by atoms with Crippen LogP contribution in [0.3, 0.4) is 0 Å². The second kappa shape index (κ2) is 4.27. The molecule has 0 spiro atoms. The van der Waals surface area contributed by atoms with Gasteiger partial charge in [0.05, 0.1) is 5.69 Å². The Hall–Kier alpha value is -1.62.